The average molecular weight is 314 g/mol. The van der Waals surface area contributed by atoms with Gasteiger partial charge in [-0.25, -0.2) is 0 Å². The van der Waals surface area contributed by atoms with E-state index in [0.29, 0.717) is 22.8 Å². The fourth-order valence-corrected chi connectivity index (χ4v) is 2.14. The minimum Gasteiger partial charge on any atom is -0.508 e. The first-order chi connectivity index (χ1) is 11.1. The van der Waals surface area contributed by atoms with E-state index in [2.05, 4.69) is 0 Å². The molecule has 0 aliphatic heterocycles. The minimum absolute atomic E-state index is 0.176. The third-order valence-corrected chi connectivity index (χ3v) is 3.29. The van der Waals surface area contributed by atoms with E-state index in [-0.39, 0.29) is 11.5 Å². The quantitative estimate of drug-likeness (QED) is 0.654. The minimum atomic E-state index is -0.226. The van der Waals surface area contributed by atoms with E-state index in [0.717, 1.165) is 5.56 Å². The number of rotatable bonds is 6. The molecule has 2 aromatic carbocycles. The Balaban J connectivity index is 2.33. The SMILES string of the molecule is COc1ccc(C(=O)/C=C/c2ccc(O)cc2)c(OC)c1OC. The molecule has 0 saturated heterocycles. The van der Waals surface area contributed by atoms with E-state index in [9.17, 15) is 9.90 Å². The van der Waals surface area contributed by atoms with Crippen molar-refractivity contribution < 1.29 is 24.1 Å². The fourth-order valence-electron chi connectivity index (χ4n) is 2.14. The molecule has 0 aromatic heterocycles. The van der Waals surface area contributed by atoms with E-state index in [4.69, 9.17) is 14.2 Å². The molecule has 0 spiro atoms. The Labute approximate surface area is 134 Å². The number of hydrogen-bond acceptors (Lipinski definition) is 5. The average Bonchev–Trinajstić information content (AvgIpc) is 2.59. The molecule has 0 saturated carbocycles. The van der Waals surface area contributed by atoms with Crippen LogP contribution in [-0.4, -0.2) is 32.2 Å². The summed E-state index contributed by atoms with van der Waals surface area (Å²) < 4.78 is 15.8. The number of aromatic hydroxyl groups is 1. The van der Waals surface area contributed by atoms with Crippen molar-refractivity contribution in [3.63, 3.8) is 0 Å². The first-order valence-corrected chi connectivity index (χ1v) is 6.91. The van der Waals surface area contributed by atoms with Gasteiger partial charge in [0.05, 0.1) is 26.9 Å². The highest BCUT2D eigenvalue weighted by atomic mass is 16.5. The summed E-state index contributed by atoms with van der Waals surface area (Å²) in [5.74, 6) is 1.14. The summed E-state index contributed by atoms with van der Waals surface area (Å²) in [6.45, 7) is 0. The van der Waals surface area contributed by atoms with Crippen LogP contribution < -0.4 is 14.2 Å². The van der Waals surface area contributed by atoms with Crippen molar-refractivity contribution in [2.24, 2.45) is 0 Å². The molecule has 0 bridgehead atoms. The Morgan fingerprint density at radius 1 is 0.913 bits per heavy atom. The molecule has 2 rings (SSSR count). The summed E-state index contributed by atoms with van der Waals surface area (Å²) in [7, 11) is 4.47. The number of ketones is 1. The largest absolute Gasteiger partial charge is 0.508 e. The van der Waals surface area contributed by atoms with Gasteiger partial charge < -0.3 is 19.3 Å². The molecule has 0 fully saturated rings. The van der Waals surface area contributed by atoms with Gasteiger partial charge in [0.15, 0.2) is 17.3 Å². The van der Waals surface area contributed by atoms with Gasteiger partial charge in [-0.1, -0.05) is 18.2 Å². The van der Waals surface area contributed by atoms with Crippen LogP contribution in [-0.2, 0) is 0 Å². The molecular weight excluding hydrogens is 296 g/mol. The van der Waals surface area contributed by atoms with Crippen LogP contribution in [0.4, 0.5) is 0 Å². The van der Waals surface area contributed by atoms with Crippen LogP contribution >= 0.6 is 0 Å². The molecule has 23 heavy (non-hydrogen) atoms. The van der Waals surface area contributed by atoms with Gasteiger partial charge in [0.2, 0.25) is 5.75 Å². The Kier molecular flexibility index (Phi) is 5.25. The van der Waals surface area contributed by atoms with Crippen LogP contribution in [0.15, 0.2) is 42.5 Å². The lowest BCUT2D eigenvalue weighted by atomic mass is 10.1. The summed E-state index contributed by atoms with van der Waals surface area (Å²) in [5, 5.41) is 9.25. The maximum Gasteiger partial charge on any atom is 0.204 e. The van der Waals surface area contributed by atoms with E-state index in [1.807, 2.05) is 0 Å². The molecule has 0 atom stereocenters. The maximum atomic E-state index is 12.4. The summed E-state index contributed by atoms with van der Waals surface area (Å²) in [6, 6.07) is 9.82. The molecule has 5 nitrogen and oxygen atoms in total. The molecule has 0 aliphatic carbocycles. The Hall–Kier alpha value is -2.95. The number of carbonyl (C=O) groups excluding carboxylic acids is 1. The van der Waals surface area contributed by atoms with Crippen LogP contribution in [0, 0.1) is 0 Å². The Morgan fingerprint density at radius 2 is 1.57 bits per heavy atom. The van der Waals surface area contributed by atoms with Crippen molar-refractivity contribution in [1.29, 1.82) is 0 Å². The normalized spacial score (nSPS) is 10.6. The van der Waals surface area contributed by atoms with Gasteiger partial charge in [-0.3, -0.25) is 4.79 Å². The third-order valence-electron chi connectivity index (χ3n) is 3.29. The Bertz CT molecular complexity index is 717. The molecule has 0 heterocycles. The van der Waals surface area contributed by atoms with Crippen LogP contribution in [0.25, 0.3) is 6.08 Å². The number of allylic oxidation sites excluding steroid dienone is 1. The molecule has 5 heteroatoms. The molecule has 0 radical (unpaired) electrons. The van der Waals surface area contributed by atoms with Gasteiger partial charge in [0.1, 0.15) is 5.75 Å². The molecular formula is C18H18O5. The van der Waals surface area contributed by atoms with Gasteiger partial charge in [-0.15, -0.1) is 0 Å². The van der Waals surface area contributed by atoms with Gasteiger partial charge >= 0.3 is 0 Å². The summed E-state index contributed by atoms with van der Waals surface area (Å²) in [4.78, 5) is 12.4. The summed E-state index contributed by atoms with van der Waals surface area (Å²) >= 11 is 0. The standard InChI is InChI=1S/C18H18O5/c1-21-16-11-9-14(17(22-2)18(16)23-3)15(20)10-6-12-4-7-13(19)8-5-12/h4-11,19H,1-3H3/b10-6+. The second kappa shape index (κ2) is 7.35. The zero-order chi connectivity index (χ0) is 16.8. The van der Waals surface area contributed by atoms with Crippen molar-refractivity contribution >= 4 is 11.9 Å². The van der Waals surface area contributed by atoms with Gasteiger partial charge in [0, 0.05) is 0 Å². The number of phenols is 1. The third kappa shape index (κ3) is 3.63. The van der Waals surface area contributed by atoms with E-state index < -0.39 is 0 Å². The lowest BCUT2D eigenvalue weighted by molar-refractivity contribution is 0.104. The molecule has 0 unspecified atom stereocenters. The smallest absolute Gasteiger partial charge is 0.204 e. The van der Waals surface area contributed by atoms with Gasteiger partial charge in [0.25, 0.3) is 0 Å². The number of carbonyl (C=O) groups is 1. The molecule has 120 valence electrons. The van der Waals surface area contributed by atoms with Crippen LogP contribution in [0.5, 0.6) is 23.0 Å². The van der Waals surface area contributed by atoms with Crippen molar-refractivity contribution in [2.75, 3.05) is 21.3 Å². The molecule has 1 N–H and O–H groups in total. The van der Waals surface area contributed by atoms with Gasteiger partial charge in [-0.05, 0) is 35.9 Å². The van der Waals surface area contributed by atoms with Crippen LogP contribution in [0.3, 0.4) is 0 Å². The number of benzene rings is 2. The van der Waals surface area contributed by atoms with Crippen LogP contribution in [0.2, 0.25) is 0 Å². The second-order valence-electron chi connectivity index (χ2n) is 4.67. The first kappa shape index (κ1) is 16.4. The van der Waals surface area contributed by atoms with Gasteiger partial charge in [-0.2, -0.15) is 0 Å². The van der Waals surface area contributed by atoms with Crippen LogP contribution in [0.1, 0.15) is 15.9 Å². The monoisotopic (exact) mass is 314 g/mol. The lowest BCUT2D eigenvalue weighted by Crippen LogP contribution is -2.02. The zero-order valence-corrected chi connectivity index (χ0v) is 13.2. The van der Waals surface area contributed by atoms with Crippen molar-refractivity contribution in [1.82, 2.24) is 0 Å². The highest BCUT2D eigenvalue weighted by Crippen LogP contribution is 2.40. The maximum absolute atomic E-state index is 12.4. The number of methoxy groups -OCH3 is 3. The predicted molar refractivity (Wildman–Crippen MR) is 87.6 cm³/mol. The molecule has 2 aromatic rings. The summed E-state index contributed by atoms with van der Waals surface area (Å²) in [5.41, 5.74) is 1.18. The van der Waals surface area contributed by atoms with Crippen molar-refractivity contribution in [3.8, 4) is 23.0 Å². The Morgan fingerprint density at radius 3 is 2.13 bits per heavy atom. The lowest BCUT2D eigenvalue weighted by Gasteiger charge is -2.14. The zero-order valence-electron chi connectivity index (χ0n) is 13.2. The molecule has 0 amide bonds. The van der Waals surface area contributed by atoms with E-state index in [1.165, 1.54) is 27.4 Å². The highest BCUT2D eigenvalue weighted by molar-refractivity contribution is 6.09. The number of phenolic OH excluding ortho intramolecular Hbond substituents is 1. The van der Waals surface area contributed by atoms with E-state index >= 15 is 0 Å². The fraction of sp³-hybridized carbons (Fsp3) is 0.167. The topological polar surface area (TPSA) is 65.0 Å². The van der Waals surface area contributed by atoms with Crippen molar-refractivity contribution in [3.05, 3.63) is 53.6 Å². The predicted octanol–water partition coefficient (Wildman–Crippen LogP) is 3.31. The number of hydrogen-bond donors (Lipinski definition) is 1. The second-order valence-corrected chi connectivity index (χ2v) is 4.67. The molecule has 0 aliphatic rings. The summed E-state index contributed by atoms with van der Waals surface area (Å²) in [6.07, 6.45) is 3.11. The number of ether oxygens (including phenoxy) is 3. The highest BCUT2D eigenvalue weighted by Gasteiger charge is 2.19. The van der Waals surface area contributed by atoms with E-state index in [1.54, 1.807) is 42.5 Å². The van der Waals surface area contributed by atoms with Crippen molar-refractivity contribution in [2.45, 2.75) is 0 Å². The first-order valence-electron chi connectivity index (χ1n) is 6.91.